The molecule has 0 spiro atoms. The molecule has 0 aliphatic heterocycles. The highest BCUT2D eigenvalue weighted by molar-refractivity contribution is 6.18. The zero-order valence-corrected chi connectivity index (χ0v) is 9.99. The van der Waals surface area contributed by atoms with Gasteiger partial charge in [0.15, 0.2) is 0 Å². The lowest BCUT2D eigenvalue weighted by Gasteiger charge is -2.25. The lowest BCUT2D eigenvalue weighted by Crippen LogP contribution is -2.40. The van der Waals surface area contributed by atoms with Gasteiger partial charge < -0.3 is 10.1 Å². The number of ether oxygens (including phenoxy) is 1. The summed E-state index contributed by atoms with van der Waals surface area (Å²) in [6, 6.07) is 0. The molecule has 84 valence electrons. The summed E-state index contributed by atoms with van der Waals surface area (Å²) in [5, 5.41) is 3.27. The van der Waals surface area contributed by atoms with Gasteiger partial charge in [0.2, 0.25) is 0 Å². The van der Waals surface area contributed by atoms with E-state index in [9.17, 15) is 4.79 Å². The standard InChI is InChI=1S/C10H20ClNO2/c1-4-14-9(13)5-6-10(2,3)12-8-7-11/h12H,4-8H2,1-3H3. The van der Waals surface area contributed by atoms with E-state index in [1.54, 1.807) is 0 Å². The summed E-state index contributed by atoms with van der Waals surface area (Å²) in [5.41, 5.74) is -0.0539. The van der Waals surface area contributed by atoms with Crippen LogP contribution in [0, 0.1) is 0 Å². The fourth-order valence-electron chi connectivity index (χ4n) is 1.12. The molecule has 0 rings (SSSR count). The third-order valence-electron chi connectivity index (χ3n) is 1.96. The van der Waals surface area contributed by atoms with Gasteiger partial charge in [0.05, 0.1) is 6.61 Å². The molecule has 0 bridgehead atoms. The molecule has 0 aromatic carbocycles. The summed E-state index contributed by atoms with van der Waals surface area (Å²) in [5.74, 6) is 0.455. The molecule has 14 heavy (non-hydrogen) atoms. The molecule has 0 aliphatic rings. The maximum Gasteiger partial charge on any atom is 0.305 e. The first-order valence-corrected chi connectivity index (χ1v) is 5.52. The van der Waals surface area contributed by atoms with Crippen molar-refractivity contribution in [3.05, 3.63) is 0 Å². The van der Waals surface area contributed by atoms with Gasteiger partial charge >= 0.3 is 5.97 Å². The Balaban J connectivity index is 3.68. The molecule has 0 atom stereocenters. The molecular weight excluding hydrogens is 202 g/mol. The van der Waals surface area contributed by atoms with E-state index < -0.39 is 0 Å². The number of esters is 1. The second kappa shape index (κ2) is 7.07. The quantitative estimate of drug-likeness (QED) is 0.528. The minimum absolute atomic E-state index is 0.0539. The van der Waals surface area contributed by atoms with Crippen LogP contribution < -0.4 is 5.32 Å². The number of hydrogen-bond donors (Lipinski definition) is 1. The van der Waals surface area contributed by atoms with Crippen LogP contribution in [0.3, 0.4) is 0 Å². The Labute approximate surface area is 91.2 Å². The van der Waals surface area contributed by atoms with Gasteiger partial charge in [0, 0.05) is 24.4 Å². The van der Waals surface area contributed by atoms with E-state index in [-0.39, 0.29) is 11.5 Å². The topological polar surface area (TPSA) is 38.3 Å². The SMILES string of the molecule is CCOC(=O)CCC(C)(C)NCCCl. The van der Waals surface area contributed by atoms with Crippen LogP contribution in [0.25, 0.3) is 0 Å². The number of carbonyl (C=O) groups is 1. The summed E-state index contributed by atoms with van der Waals surface area (Å²) in [7, 11) is 0. The van der Waals surface area contributed by atoms with Crippen LogP contribution in [-0.2, 0) is 9.53 Å². The van der Waals surface area contributed by atoms with Crippen LogP contribution in [0.2, 0.25) is 0 Å². The average molecular weight is 222 g/mol. The van der Waals surface area contributed by atoms with Gasteiger partial charge in [-0.3, -0.25) is 4.79 Å². The Hall–Kier alpha value is -0.280. The third-order valence-corrected chi connectivity index (χ3v) is 2.15. The van der Waals surface area contributed by atoms with Crippen LogP contribution in [0.4, 0.5) is 0 Å². The minimum atomic E-state index is -0.131. The molecule has 0 unspecified atom stereocenters. The lowest BCUT2D eigenvalue weighted by molar-refractivity contribution is -0.143. The number of carbonyl (C=O) groups excluding carboxylic acids is 1. The Morgan fingerprint density at radius 1 is 1.50 bits per heavy atom. The second-order valence-electron chi connectivity index (χ2n) is 3.80. The summed E-state index contributed by atoms with van der Waals surface area (Å²) in [6.07, 6.45) is 1.22. The van der Waals surface area contributed by atoms with E-state index in [0.29, 0.717) is 18.9 Å². The van der Waals surface area contributed by atoms with Crippen molar-refractivity contribution in [2.75, 3.05) is 19.0 Å². The molecule has 0 amide bonds. The summed E-state index contributed by atoms with van der Waals surface area (Å²) in [4.78, 5) is 11.1. The van der Waals surface area contributed by atoms with Crippen molar-refractivity contribution < 1.29 is 9.53 Å². The summed E-state index contributed by atoms with van der Waals surface area (Å²) >= 11 is 5.57. The first-order valence-electron chi connectivity index (χ1n) is 4.98. The molecule has 3 nitrogen and oxygen atoms in total. The van der Waals surface area contributed by atoms with Crippen LogP contribution in [0.5, 0.6) is 0 Å². The molecule has 0 aromatic heterocycles. The largest absolute Gasteiger partial charge is 0.466 e. The van der Waals surface area contributed by atoms with Crippen molar-refractivity contribution in [3.63, 3.8) is 0 Å². The van der Waals surface area contributed by atoms with Crippen molar-refractivity contribution in [1.29, 1.82) is 0 Å². The van der Waals surface area contributed by atoms with Crippen molar-refractivity contribution in [3.8, 4) is 0 Å². The van der Waals surface area contributed by atoms with Crippen LogP contribution in [-0.4, -0.2) is 30.5 Å². The highest BCUT2D eigenvalue weighted by atomic mass is 35.5. The highest BCUT2D eigenvalue weighted by Gasteiger charge is 2.18. The zero-order chi connectivity index (χ0) is 11.0. The predicted molar refractivity (Wildman–Crippen MR) is 58.7 cm³/mol. The second-order valence-corrected chi connectivity index (χ2v) is 4.18. The van der Waals surface area contributed by atoms with Crippen LogP contribution >= 0.6 is 11.6 Å². The predicted octanol–water partition coefficient (Wildman–Crippen LogP) is 1.94. The van der Waals surface area contributed by atoms with E-state index in [1.165, 1.54) is 0 Å². The smallest absolute Gasteiger partial charge is 0.305 e. The number of alkyl halides is 1. The molecule has 0 saturated heterocycles. The van der Waals surface area contributed by atoms with Crippen LogP contribution in [0.1, 0.15) is 33.6 Å². The Bertz CT molecular complexity index is 172. The Morgan fingerprint density at radius 3 is 2.64 bits per heavy atom. The first-order chi connectivity index (χ1) is 6.52. The van der Waals surface area contributed by atoms with Gasteiger partial charge in [0.1, 0.15) is 0 Å². The molecule has 0 radical (unpaired) electrons. The molecule has 0 fully saturated rings. The van der Waals surface area contributed by atoms with E-state index in [2.05, 4.69) is 19.2 Å². The Kier molecular flexibility index (Phi) is 6.93. The van der Waals surface area contributed by atoms with E-state index in [1.807, 2.05) is 6.92 Å². The highest BCUT2D eigenvalue weighted by Crippen LogP contribution is 2.11. The van der Waals surface area contributed by atoms with Crippen LogP contribution in [0.15, 0.2) is 0 Å². The first kappa shape index (κ1) is 13.7. The monoisotopic (exact) mass is 221 g/mol. The van der Waals surface area contributed by atoms with Gasteiger partial charge in [-0.1, -0.05) is 0 Å². The molecule has 0 aromatic rings. The van der Waals surface area contributed by atoms with E-state index in [4.69, 9.17) is 16.3 Å². The number of halogens is 1. The van der Waals surface area contributed by atoms with Gasteiger partial charge in [-0.05, 0) is 27.2 Å². The molecule has 0 heterocycles. The fraction of sp³-hybridized carbons (Fsp3) is 0.900. The van der Waals surface area contributed by atoms with Gasteiger partial charge in [-0.2, -0.15) is 0 Å². The Morgan fingerprint density at radius 2 is 2.14 bits per heavy atom. The van der Waals surface area contributed by atoms with Gasteiger partial charge in [0.25, 0.3) is 0 Å². The molecule has 1 N–H and O–H groups in total. The summed E-state index contributed by atoms with van der Waals surface area (Å²) < 4.78 is 4.85. The number of rotatable bonds is 7. The number of nitrogens with one attached hydrogen (secondary N) is 1. The lowest BCUT2D eigenvalue weighted by atomic mass is 9.98. The fourth-order valence-corrected chi connectivity index (χ4v) is 1.22. The molecular formula is C10H20ClNO2. The number of hydrogen-bond acceptors (Lipinski definition) is 3. The molecule has 4 heteroatoms. The average Bonchev–Trinajstić information content (AvgIpc) is 2.13. The van der Waals surface area contributed by atoms with Crippen molar-refractivity contribution in [1.82, 2.24) is 5.32 Å². The van der Waals surface area contributed by atoms with E-state index in [0.717, 1.165) is 13.0 Å². The summed E-state index contributed by atoms with van der Waals surface area (Å²) in [6.45, 7) is 7.14. The molecule has 0 saturated carbocycles. The third kappa shape index (κ3) is 7.15. The van der Waals surface area contributed by atoms with Gasteiger partial charge in [-0.25, -0.2) is 0 Å². The van der Waals surface area contributed by atoms with Gasteiger partial charge in [-0.15, -0.1) is 11.6 Å². The van der Waals surface area contributed by atoms with Crippen molar-refractivity contribution >= 4 is 17.6 Å². The molecule has 0 aliphatic carbocycles. The maximum absolute atomic E-state index is 11.1. The van der Waals surface area contributed by atoms with Crippen molar-refractivity contribution in [2.45, 2.75) is 39.2 Å². The maximum atomic E-state index is 11.1. The van der Waals surface area contributed by atoms with Crippen molar-refractivity contribution in [2.24, 2.45) is 0 Å². The zero-order valence-electron chi connectivity index (χ0n) is 9.23. The normalized spacial score (nSPS) is 11.4. The minimum Gasteiger partial charge on any atom is -0.466 e. The van der Waals surface area contributed by atoms with E-state index >= 15 is 0 Å².